The van der Waals surface area contributed by atoms with Gasteiger partial charge in [-0.2, -0.15) is 13.2 Å². The number of halogens is 3. The molecule has 0 fully saturated rings. The van der Waals surface area contributed by atoms with Crippen LogP contribution in [0.3, 0.4) is 0 Å². The van der Waals surface area contributed by atoms with Crippen LogP contribution in [0.2, 0.25) is 0 Å². The molecule has 0 unspecified atom stereocenters. The first kappa shape index (κ1) is 9.57. The van der Waals surface area contributed by atoms with E-state index in [9.17, 15) is 18.0 Å². The highest BCUT2D eigenvalue weighted by molar-refractivity contribution is 5.79. The van der Waals surface area contributed by atoms with Crippen molar-refractivity contribution in [3.05, 3.63) is 29.3 Å². The van der Waals surface area contributed by atoms with Crippen molar-refractivity contribution in [1.82, 2.24) is 0 Å². The number of phenols is 1. The third kappa shape index (κ3) is 1.80. The molecule has 0 atom stereocenters. The second kappa shape index (κ2) is 3.08. The monoisotopic (exact) mass is 189 g/mol. The summed E-state index contributed by atoms with van der Waals surface area (Å²) in [6.45, 7) is 0. The SMILES string of the molecule is O=Cc1c[c]cc(C(F)(F)F)c1O. The number of carbonyl (C=O) groups excluding carboxylic acids is 1. The highest BCUT2D eigenvalue weighted by atomic mass is 19.4. The van der Waals surface area contributed by atoms with Gasteiger partial charge in [-0.3, -0.25) is 4.79 Å². The van der Waals surface area contributed by atoms with Crippen LogP contribution in [0.5, 0.6) is 5.75 Å². The van der Waals surface area contributed by atoms with Gasteiger partial charge in [0.25, 0.3) is 0 Å². The number of carbonyl (C=O) groups is 1. The first-order valence-electron chi connectivity index (χ1n) is 3.22. The Balaban J connectivity index is 3.32. The van der Waals surface area contributed by atoms with Gasteiger partial charge in [0.1, 0.15) is 5.75 Å². The quantitative estimate of drug-likeness (QED) is 0.686. The van der Waals surface area contributed by atoms with Crippen molar-refractivity contribution >= 4 is 6.29 Å². The second-order valence-corrected chi connectivity index (χ2v) is 2.29. The van der Waals surface area contributed by atoms with Crippen LogP contribution in [0.25, 0.3) is 0 Å². The normalized spacial score (nSPS) is 11.3. The maximum absolute atomic E-state index is 12.1. The van der Waals surface area contributed by atoms with Crippen LogP contribution in [0.4, 0.5) is 13.2 Å². The van der Waals surface area contributed by atoms with Gasteiger partial charge in [0.05, 0.1) is 11.1 Å². The number of aromatic hydroxyl groups is 1. The summed E-state index contributed by atoms with van der Waals surface area (Å²) in [6.07, 6.45) is -4.53. The maximum atomic E-state index is 12.1. The lowest BCUT2D eigenvalue weighted by molar-refractivity contribution is -0.138. The molecule has 1 N–H and O–H groups in total. The maximum Gasteiger partial charge on any atom is 0.420 e. The summed E-state index contributed by atoms with van der Waals surface area (Å²) in [5.41, 5.74) is -1.67. The topological polar surface area (TPSA) is 37.3 Å². The second-order valence-electron chi connectivity index (χ2n) is 2.29. The van der Waals surface area contributed by atoms with Gasteiger partial charge in [0.2, 0.25) is 0 Å². The highest BCUT2D eigenvalue weighted by Gasteiger charge is 2.34. The lowest BCUT2D eigenvalue weighted by Gasteiger charge is -2.08. The number of rotatable bonds is 1. The van der Waals surface area contributed by atoms with Gasteiger partial charge in [-0.1, -0.05) is 0 Å². The van der Waals surface area contributed by atoms with Crippen molar-refractivity contribution in [2.24, 2.45) is 0 Å². The molecule has 5 heteroatoms. The average molecular weight is 189 g/mol. The van der Waals surface area contributed by atoms with Crippen LogP contribution in [-0.2, 0) is 6.18 Å². The van der Waals surface area contributed by atoms with Gasteiger partial charge in [0, 0.05) is 0 Å². The third-order valence-electron chi connectivity index (χ3n) is 1.43. The Labute approximate surface area is 71.6 Å². The Morgan fingerprint density at radius 2 is 2.00 bits per heavy atom. The van der Waals surface area contributed by atoms with Crippen molar-refractivity contribution in [1.29, 1.82) is 0 Å². The van der Waals surface area contributed by atoms with Crippen LogP contribution in [0.15, 0.2) is 12.1 Å². The van der Waals surface area contributed by atoms with Crippen molar-refractivity contribution in [3.8, 4) is 5.75 Å². The minimum absolute atomic E-state index is 0.140. The smallest absolute Gasteiger partial charge is 0.420 e. The fourth-order valence-corrected chi connectivity index (χ4v) is 0.813. The van der Waals surface area contributed by atoms with Crippen molar-refractivity contribution in [2.45, 2.75) is 6.18 Å². The molecular formula is C8H4F3O2. The molecule has 1 rings (SSSR count). The zero-order chi connectivity index (χ0) is 10.1. The van der Waals surface area contributed by atoms with Crippen molar-refractivity contribution in [2.75, 3.05) is 0 Å². The Hall–Kier alpha value is -1.52. The van der Waals surface area contributed by atoms with Crippen LogP contribution in [-0.4, -0.2) is 11.4 Å². The molecule has 0 aliphatic carbocycles. The molecule has 0 spiro atoms. The van der Waals surface area contributed by atoms with E-state index in [4.69, 9.17) is 5.11 Å². The zero-order valence-electron chi connectivity index (χ0n) is 6.22. The molecule has 13 heavy (non-hydrogen) atoms. The van der Waals surface area contributed by atoms with Gasteiger partial charge in [-0.15, -0.1) is 0 Å². The first-order valence-corrected chi connectivity index (χ1v) is 3.22. The predicted octanol–water partition coefficient (Wildman–Crippen LogP) is 2.02. The standard InChI is InChI=1S/C8H4F3O2/c9-8(10,11)6-3-1-2-5(4-12)7(6)13/h2-4,13H. The Bertz CT molecular complexity index is 331. The molecule has 0 aliphatic rings. The summed E-state index contributed by atoms with van der Waals surface area (Å²) in [5.74, 6) is -1.05. The van der Waals surface area contributed by atoms with E-state index in [0.717, 1.165) is 6.07 Å². The van der Waals surface area contributed by atoms with Gasteiger partial charge in [-0.05, 0) is 18.2 Å². The zero-order valence-corrected chi connectivity index (χ0v) is 6.22. The van der Waals surface area contributed by atoms with Gasteiger partial charge >= 0.3 is 6.18 Å². The first-order chi connectivity index (χ1) is 5.96. The molecule has 0 bridgehead atoms. The van der Waals surface area contributed by atoms with Crippen LogP contribution >= 0.6 is 0 Å². The molecule has 0 amide bonds. The van der Waals surface area contributed by atoms with E-state index in [1.54, 1.807) is 0 Å². The molecule has 1 radical (unpaired) electrons. The number of hydrogen-bond acceptors (Lipinski definition) is 2. The number of hydrogen-bond donors (Lipinski definition) is 1. The number of benzene rings is 1. The predicted molar refractivity (Wildman–Crippen MR) is 37.3 cm³/mol. The van der Waals surface area contributed by atoms with E-state index >= 15 is 0 Å². The number of phenolic OH excluding ortho intramolecular Hbond substituents is 1. The van der Waals surface area contributed by atoms with Crippen molar-refractivity contribution in [3.63, 3.8) is 0 Å². The van der Waals surface area contributed by atoms with Crippen LogP contribution in [0, 0.1) is 6.07 Å². The van der Waals surface area contributed by atoms with E-state index in [-0.39, 0.29) is 6.29 Å². The number of alkyl halides is 3. The summed E-state index contributed by atoms with van der Waals surface area (Å²) in [5, 5.41) is 8.95. The van der Waals surface area contributed by atoms with Crippen molar-refractivity contribution < 1.29 is 23.1 Å². The molecule has 1 aromatic rings. The molecule has 69 valence electrons. The summed E-state index contributed by atoms with van der Waals surface area (Å²) in [4.78, 5) is 10.2. The summed E-state index contributed by atoms with van der Waals surface area (Å²) in [6, 6.07) is 3.69. The lowest BCUT2D eigenvalue weighted by Crippen LogP contribution is -2.06. The fourth-order valence-electron chi connectivity index (χ4n) is 0.813. The van der Waals surface area contributed by atoms with E-state index < -0.39 is 23.1 Å². The van der Waals surface area contributed by atoms with Crippen LogP contribution in [0.1, 0.15) is 15.9 Å². The van der Waals surface area contributed by atoms with E-state index in [1.807, 2.05) is 0 Å². The number of aldehydes is 1. The molecule has 0 saturated heterocycles. The molecule has 2 nitrogen and oxygen atoms in total. The molecule has 0 aromatic heterocycles. The largest absolute Gasteiger partial charge is 0.507 e. The minimum Gasteiger partial charge on any atom is -0.507 e. The van der Waals surface area contributed by atoms with Gasteiger partial charge < -0.3 is 5.11 Å². The van der Waals surface area contributed by atoms with Gasteiger partial charge in [-0.25, -0.2) is 0 Å². The molecular weight excluding hydrogens is 185 g/mol. The average Bonchev–Trinajstić information content (AvgIpc) is 2.02. The van der Waals surface area contributed by atoms with Crippen LogP contribution < -0.4 is 0 Å². The Morgan fingerprint density at radius 1 is 1.38 bits per heavy atom. The Kier molecular flexibility index (Phi) is 2.27. The molecule has 0 heterocycles. The lowest BCUT2D eigenvalue weighted by atomic mass is 10.1. The third-order valence-corrected chi connectivity index (χ3v) is 1.43. The summed E-state index contributed by atoms with van der Waals surface area (Å²) < 4.78 is 36.2. The molecule has 0 aliphatic heterocycles. The highest BCUT2D eigenvalue weighted by Crippen LogP contribution is 2.36. The van der Waals surface area contributed by atoms with Gasteiger partial charge in [0.15, 0.2) is 6.29 Å². The summed E-state index contributed by atoms with van der Waals surface area (Å²) >= 11 is 0. The fraction of sp³-hybridized carbons (Fsp3) is 0.125. The van der Waals surface area contributed by atoms with E-state index in [1.165, 1.54) is 0 Å². The van der Waals surface area contributed by atoms with E-state index in [0.29, 0.717) is 6.07 Å². The Morgan fingerprint density at radius 3 is 2.46 bits per heavy atom. The van der Waals surface area contributed by atoms with E-state index in [2.05, 4.69) is 6.07 Å². The molecule has 0 saturated carbocycles. The molecule has 1 aromatic carbocycles. The summed E-state index contributed by atoms with van der Waals surface area (Å²) in [7, 11) is 0. The minimum atomic E-state index is -4.67.